The Morgan fingerprint density at radius 1 is 1.26 bits per heavy atom. The van der Waals surface area contributed by atoms with Crippen LogP contribution in [0.4, 0.5) is 5.69 Å². The van der Waals surface area contributed by atoms with Crippen LogP contribution in [-0.4, -0.2) is 18.5 Å². The van der Waals surface area contributed by atoms with Crippen molar-refractivity contribution in [3.8, 4) is 6.07 Å². The van der Waals surface area contributed by atoms with Gasteiger partial charge in [-0.25, -0.2) is 0 Å². The van der Waals surface area contributed by atoms with Crippen molar-refractivity contribution in [2.75, 3.05) is 11.9 Å². The summed E-state index contributed by atoms with van der Waals surface area (Å²) in [6, 6.07) is 9.81. The van der Waals surface area contributed by atoms with Crippen LogP contribution < -0.4 is 10.6 Å². The number of hydrogen-bond donors (Lipinski definition) is 2. The molecule has 0 radical (unpaired) electrons. The van der Waals surface area contributed by atoms with Gasteiger partial charge in [0.25, 0.3) is 0 Å². The molecule has 0 aliphatic heterocycles. The fourth-order valence-electron chi connectivity index (χ4n) is 1.49. The number of carbonyl (C=O) groups excluding carboxylic acids is 1. The summed E-state index contributed by atoms with van der Waals surface area (Å²) in [6.45, 7) is 6.41. The van der Waals surface area contributed by atoms with Gasteiger partial charge in [0.15, 0.2) is 0 Å². The molecule has 0 saturated heterocycles. The van der Waals surface area contributed by atoms with Gasteiger partial charge >= 0.3 is 0 Å². The molecule has 4 nitrogen and oxygen atoms in total. The molecular formula is C15H21N3O. The van der Waals surface area contributed by atoms with Gasteiger partial charge in [0.2, 0.25) is 5.91 Å². The monoisotopic (exact) mass is 259 g/mol. The van der Waals surface area contributed by atoms with Crippen molar-refractivity contribution >= 4 is 11.6 Å². The number of amides is 1. The lowest BCUT2D eigenvalue weighted by atomic mass is 10.1. The number of carbonyl (C=O) groups is 1. The average molecular weight is 259 g/mol. The molecule has 4 heteroatoms. The average Bonchev–Trinajstić information content (AvgIpc) is 2.38. The number of nitriles is 1. The minimum absolute atomic E-state index is 0.0118. The molecule has 1 amide bonds. The summed E-state index contributed by atoms with van der Waals surface area (Å²) in [6.07, 6.45) is 0.409. The Labute approximate surface area is 114 Å². The van der Waals surface area contributed by atoms with Crippen molar-refractivity contribution in [2.24, 2.45) is 5.92 Å². The first-order valence-electron chi connectivity index (χ1n) is 6.52. The summed E-state index contributed by atoms with van der Waals surface area (Å²) in [5.41, 5.74) is 1.86. The van der Waals surface area contributed by atoms with Crippen LogP contribution in [0.5, 0.6) is 0 Å². The minimum Gasteiger partial charge on any atom is -0.376 e. The number of hydrogen-bond acceptors (Lipinski definition) is 3. The van der Waals surface area contributed by atoms with Crippen LogP contribution >= 0.6 is 0 Å². The molecule has 1 rings (SSSR count). The highest BCUT2D eigenvalue weighted by molar-refractivity contribution is 5.80. The predicted molar refractivity (Wildman–Crippen MR) is 76.7 cm³/mol. The SMILES string of the molecule is CC(C)C(C)NC(=O)CNc1ccc(CC#N)cc1. The molecule has 1 unspecified atom stereocenters. The second-order valence-electron chi connectivity index (χ2n) is 4.99. The van der Waals surface area contributed by atoms with E-state index in [1.165, 1.54) is 0 Å². The largest absolute Gasteiger partial charge is 0.376 e. The van der Waals surface area contributed by atoms with Gasteiger partial charge in [-0.1, -0.05) is 26.0 Å². The highest BCUT2D eigenvalue weighted by Gasteiger charge is 2.10. The standard InChI is InChI=1S/C15H21N3O/c1-11(2)12(3)18-15(19)10-17-14-6-4-13(5-7-14)8-9-16/h4-7,11-12,17H,8,10H2,1-3H3,(H,18,19). The first kappa shape index (κ1) is 15.0. The molecule has 19 heavy (non-hydrogen) atoms. The first-order valence-corrected chi connectivity index (χ1v) is 6.52. The van der Waals surface area contributed by atoms with Crippen molar-refractivity contribution in [2.45, 2.75) is 33.2 Å². The molecule has 0 aliphatic rings. The molecule has 1 aromatic carbocycles. The smallest absolute Gasteiger partial charge is 0.239 e. The minimum atomic E-state index is -0.0118. The van der Waals surface area contributed by atoms with Crippen LogP contribution in [0, 0.1) is 17.2 Å². The van der Waals surface area contributed by atoms with Crippen molar-refractivity contribution in [3.63, 3.8) is 0 Å². The molecule has 0 aliphatic carbocycles. The Morgan fingerprint density at radius 3 is 2.42 bits per heavy atom. The summed E-state index contributed by atoms with van der Waals surface area (Å²) in [5, 5.41) is 14.6. The van der Waals surface area contributed by atoms with E-state index in [1.807, 2.05) is 31.2 Å². The van der Waals surface area contributed by atoms with E-state index in [0.717, 1.165) is 11.3 Å². The maximum Gasteiger partial charge on any atom is 0.239 e. The van der Waals surface area contributed by atoms with Gasteiger partial charge < -0.3 is 10.6 Å². The van der Waals surface area contributed by atoms with Gasteiger partial charge in [-0.15, -0.1) is 0 Å². The van der Waals surface area contributed by atoms with Gasteiger partial charge in [-0.2, -0.15) is 5.26 Å². The number of rotatable bonds is 6. The maximum atomic E-state index is 11.7. The fraction of sp³-hybridized carbons (Fsp3) is 0.467. The van der Waals surface area contributed by atoms with E-state index in [9.17, 15) is 4.79 Å². The van der Waals surface area contributed by atoms with Crippen LogP contribution in [0.25, 0.3) is 0 Å². The molecule has 1 atom stereocenters. The second-order valence-corrected chi connectivity index (χ2v) is 4.99. The topological polar surface area (TPSA) is 64.9 Å². The third-order valence-electron chi connectivity index (χ3n) is 3.08. The lowest BCUT2D eigenvalue weighted by Gasteiger charge is -2.17. The van der Waals surface area contributed by atoms with Crippen LogP contribution in [0.15, 0.2) is 24.3 Å². The van der Waals surface area contributed by atoms with Gasteiger partial charge in [0, 0.05) is 11.7 Å². The molecule has 0 spiro atoms. The van der Waals surface area contributed by atoms with Crippen molar-refractivity contribution in [1.29, 1.82) is 5.26 Å². The van der Waals surface area contributed by atoms with Gasteiger partial charge in [-0.05, 0) is 30.5 Å². The molecule has 0 bridgehead atoms. The Kier molecular flexibility index (Phi) is 5.87. The molecule has 0 saturated carbocycles. The Balaban J connectivity index is 2.40. The van der Waals surface area contributed by atoms with E-state index in [4.69, 9.17) is 5.26 Å². The molecule has 102 valence electrons. The highest BCUT2D eigenvalue weighted by Crippen LogP contribution is 2.09. The molecule has 0 aromatic heterocycles. The summed E-state index contributed by atoms with van der Waals surface area (Å²) < 4.78 is 0. The van der Waals surface area contributed by atoms with Gasteiger partial charge in [0.1, 0.15) is 0 Å². The molecule has 0 heterocycles. The van der Waals surface area contributed by atoms with Crippen molar-refractivity contribution in [1.82, 2.24) is 5.32 Å². The summed E-state index contributed by atoms with van der Waals surface area (Å²) in [5.74, 6) is 0.413. The Hall–Kier alpha value is -2.02. The molecular weight excluding hydrogens is 238 g/mol. The summed E-state index contributed by atoms with van der Waals surface area (Å²) in [4.78, 5) is 11.7. The normalized spacial score (nSPS) is 11.7. The quantitative estimate of drug-likeness (QED) is 0.824. The van der Waals surface area contributed by atoms with E-state index in [0.29, 0.717) is 12.3 Å². The van der Waals surface area contributed by atoms with Gasteiger partial charge in [-0.3, -0.25) is 4.79 Å². The summed E-state index contributed by atoms with van der Waals surface area (Å²) >= 11 is 0. The number of benzene rings is 1. The van der Waals surface area contributed by atoms with Crippen LogP contribution in [0.2, 0.25) is 0 Å². The maximum absolute atomic E-state index is 11.7. The van der Waals surface area contributed by atoms with E-state index in [-0.39, 0.29) is 18.5 Å². The van der Waals surface area contributed by atoms with Crippen LogP contribution in [0.3, 0.4) is 0 Å². The fourth-order valence-corrected chi connectivity index (χ4v) is 1.49. The van der Waals surface area contributed by atoms with Crippen molar-refractivity contribution in [3.05, 3.63) is 29.8 Å². The van der Waals surface area contributed by atoms with Crippen LogP contribution in [-0.2, 0) is 11.2 Å². The third-order valence-corrected chi connectivity index (χ3v) is 3.08. The lowest BCUT2D eigenvalue weighted by molar-refractivity contribution is -0.120. The van der Waals surface area contributed by atoms with E-state index in [1.54, 1.807) is 0 Å². The number of nitrogens with zero attached hydrogens (tertiary/aromatic N) is 1. The zero-order chi connectivity index (χ0) is 14.3. The first-order chi connectivity index (χ1) is 9.02. The van der Waals surface area contributed by atoms with Gasteiger partial charge in [0.05, 0.1) is 19.0 Å². The third kappa shape index (κ3) is 5.43. The van der Waals surface area contributed by atoms with Crippen molar-refractivity contribution < 1.29 is 4.79 Å². The second kappa shape index (κ2) is 7.42. The summed E-state index contributed by atoms with van der Waals surface area (Å²) in [7, 11) is 0. The zero-order valence-electron chi connectivity index (χ0n) is 11.7. The van der Waals surface area contributed by atoms with Crippen LogP contribution in [0.1, 0.15) is 26.3 Å². The Bertz CT molecular complexity index is 445. The van der Waals surface area contributed by atoms with E-state index in [2.05, 4.69) is 30.6 Å². The highest BCUT2D eigenvalue weighted by atomic mass is 16.1. The molecule has 2 N–H and O–H groups in total. The molecule has 0 fully saturated rings. The van der Waals surface area contributed by atoms with E-state index >= 15 is 0 Å². The predicted octanol–water partition coefficient (Wildman–Crippen LogP) is 2.33. The van der Waals surface area contributed by atoms with E-state index < -0.39 is 0 Å². The molecule has 1 aromatic rings. The zero-order valence-corrected chi connectivity index (χ0v) is 11.7. The Morgan fingerprint density at radius 2 is 1.89 bits per heavy atom. The number of nitrogens with one attached hydrogen (secondary N) is 2. The lowest BCUT2D eigenvalue weighted by Crippen LogP contribution is -2.39. The number of anilines is 1.